The molecule has 1 N–H and O–H groups in total. The number of hydrogen-bond donors (Lipinski definition) is 1. The Hall–Kier alpha value is -0.540. The van der Waals surface area contributed by atoms with Crippen molar-refractivity contribution >= 4 is 15.9 Å². The van der Waals surface area contributed by atoms with E-state index in [2.05, 4.69) is 48.9 Å². The zero-order valence-corrected chi connectivity index (χ0v) is 13.9. The third-order valence-corrected chi connectivity index (χ3v) is 5.51. The molecule has 1 fully saturated rings. The first-order valence-corrected chi connectivity index (χ1v) is 7.74. The quantitative estimate of drug-likeness (QED) is 0.795. The van der Waals surface area contributed by atoms with Crippen molar-refractivity contribution in [3.8, 4) is 5.75 Å². The molecule has 1 saturated carbocycles. The fourth-order valence-corrected chi connectivity index (χ4v) is 3.27. The van der Waals surface area contributed by atoms with Gasteiger partial charge in [-0.3, -0.25) is 0 Å². The van der Waals surface area contributed by atoms with Gasteiger partial charge in [0.05, 0.1) is 0 Å². The number of rotatable bonds is 6. The zero-order chi connectivity index (χ0) is 14.1. The highest BCUT2D eigenvalue weighted by Crippen LogP contribution is 2.67. The minimum atomic E-state index is 0.463. The lowest BCUT2D eigenvalue weighted by atomic mass is 10.0. The van der Waals surface area contributed by atoms with Crippen LogP contribution in [0.4, 0.5) is 0 Å². The van der Waals surface area contributed by atoms with Crippen LogP contribution in [0.1, 0.15) is 27.7 Å². The van der Waals surface area contributed by atoms with Gasteiger partial charge in [0.1, 0.15) is 12.4 Å². The summed E-state index contributed by atoms with van der Waals surface area (Å²) in [6.45, 7) is 12.1. The van der Waals surface area contributed by atoms with Crippen molar-refractivity contribution in [3.63, 3.8) is 0 Å². The van der Waals surface area contributed by atoms with E-state index in [1.165, 1.54) is 0 Å². The summed E-state index contributed by atoms with van der Waals surface area (Å²) < 4.78 is 6.76. The van der Waals surface area contributed by atoms with Crippen LogP contribution in [0.5, 0.6) is 5.75 Å². The van der Waals surface area contributed by atoms with Crippen LogP contribution in [-0.2, 0) is 0 Å². The first kappa shape index (κ1) is 14.9. The van der Waals surface area contributed by atoms with Gasteiger partial charge in [0.15, 0.2) is 0 Å². The third kappa shape index (κ3) is 3.14. The molecule has 106 valence electrons. The number of halogens is 1. The molecule has 0 saturated heterocycles. The standard InChI is InChI=1S/C16H24BrNO/c1-15(2)14(16(15,3)4)11-18-8-9-19-13-7-5-6-12(17)10-13/h5-7,10,14,18H,8-9,11H2,1-4H3. The second-order valence-corrected chi connectivity index (χ2v) is 7.42. The second-order valence-electron chi connectivity index (χ2n) is 6.51. The number of hydrogen-bond acceptors (Lipinski definition) is 2. The highest BCUT2D eigenvalue weighted by molar-refractivity contribution is 9.10. The van der Waals surface area contributed by atoms with E-state index in [9.17, 15) is 0 Å². The van der Waals surface area contributed by atoms with E-state index in [0.29, 0.717) is 17.4 Å². The molecule has 0 unspecified atom stereocenters. The molecule has 3 heteroatoms. The van der Waals surface area contributed by atoms with E-state index < -0.39 is 0 Å². The lowest BCUT2D eigenvalue weighted by Crippen LogP contribution is -2.24. The van der Waals surface area contributed by atoms with Gasteiger partial charge in [-0.2, -0.15) is 0 Å². The van der Waals surface area contributed by atoms with Gasteiger partial charge in [0.2, 0.25) is 0 Å². The smallest absolute Gasteiger partial charge is 0.120 e. The molecule has 0 spiro atoms. The molecule has 1 aromatic carbocycles. The fraction of sp³-hybridized carbons (Fsp3) is 0.625. The van der Waals surface area contributed by atoms with E-state index in [-0.39, 0.29) is 0 Å². The van der Waals surface area contributed by atoms with Gasteiger partial charge in [-0.1, -0.05) is 49.7 Å². The van der Waals surface area contributed by atoms with Crippen molar-refractivity contribution in [1.82, 2.24) is 5.32 Å². The molecule has 0 radical (unpaired) electrons. The molecule has 0 atom stereocenters. The molecule has 1 aliphatic rings. The lowest BCUT2D eigenvalue weighted by molar-refractivity contribution is 0.311. The molecule has 0 aromatic heterocycles. The second kappa shape index (κ2) is 5.45. The Morgan fingerprint density at radius 2 is 1.89 bits per heavy atom. The minimum Gasteiger partial charge on any atom is -0.492 e. The normalized spacial score (nSPS) is 20.3. The summed E-state index contributed by atoms with van der Waals surface area (Å²) in [5.41, 5.74) is 0.927. The highest BCUT2D eigenvalue weighted by Gasteiger charge is 2.63. The van der Waals surface area contributed by atoms with Crippen molar-refractivity contribution in [3.05, 3.63) is 28.7 Å². The van der Waals surface area contributed by atoms with Crippen LogP contribution in [0.2, 0.25) is 0 Å². The van der Waals surface area contributed by atoms with Crippen molar-refractivity contribution in [2.45, 2.75) is 27.7 Å². The average Bonchev–Trinajstić information content (AvgIpc) is 2.70. The minimum absolute atomic E-state index is 0.463. The maximum atomic E-state index is 5.70. The van der Waals surface area contributed by atoms with Gasteiger partial charge >= 0.3 is 0 Å². The van der Waals surface area contributed by atoms with E-state index >= 15 is 0 Å². The fourth-order valence-electron chi connectivity index (χ4n) is 2.89. The molecular weight excluding hydrogens is 302 g/mol. The van der Waals surface area contributed by atoms with Crippen molar-refractivity contribution in [2.24, 2.45) is 16.7 Å². The first-order chi connectivity index (χ1) is 8.85. The van der Waals surface area contributed by atoms with Crippen LogP contribution >= 0.6 is 15.9 Å². The Balaban J connectivity index is 1.64. The van der Waals surface area contributed by atoms with Crippen LogP contribution in [0.15, 0.2) is 28.7 Å². The topological polar surface area (TPSA) is 21.3 Å². The predicted molar refractivity (Wildman–Crippen MR) is 83.6 cm³/mol. The molecule has 1 aliphatic carbocycles. The molecule has 0 bridgehead atoms. The van der Waals surface area contributed by atoms with Crippen molar-refractivity contribution < 1.29 is 4.74 Å². The van der Waals surface area contributed by atoms with Gasteiger partial charge in [0.25, 0.3) is 0 Å². The molecule has 1 aromatic rings. The summed E-state index contributed by atoms with van der Waals surface area (Å²) in [7, 11) is 0. The van der Waals surface area contributed by atoms with E-state index in [0.717, 1.165) is 29.2 Å². The number of ether oxygens (including phenoxy) is 1. The monoisotopic (exact) mass is 325 g/mol. The van der Waals surface area contributed by atoms with E-state index in [1.807, 2.05) is 24.3 Å². The summed E-state index contributed by atoms with van der Waals surface area (Å²) >= 11 is 3.44. The van der Waals surface area contributed by atoms with Gasteiger partial charge in [0, 0.05) is 11.0 Å². The highest BCUT2D eigenvalue weighted by atomic mass is 79.9. The molecular formula is C16H24BrNO. The molecule has 0 aliphatic heterocycles. The van der Waals surface area contributed by atoms with Crippen molar-refractivity contribution in [1.29, 1.82) is 0 Å². The van der Waals surface area contributed by atoms with E-state index in [1.54, 1.807) is 0 Å². The Kier molecular flexibility index (Phi) is 4.26. The zero-order valence-electron chi connectivity index (χ0n) is 12.3. The molecule has 0 heterocycles. The number of nitrogens with one attached hydrogen (secondary N) is 1. The van der Waals surface area contributed by atoms with Gasteiger partial charge in [-0.05, 0) is 41.5 Å². The van der Waals surface area contributed by atoms with Crippen LogP contribution < -0.4 is 10.1 Å². The Labute approximate surface area is 125 Å². The maximum absolute atomic E-state index is 5.70. The number of benzene rings is 1. The van der Waals surface area contributed by atoms with Gasteiger partial charge in [-0.15, -0.1) is 0 Å². The molecule has 19 heavy (non-hydrogen) atoms. The SMILES string of the molecule is CC1(C)C(CNCCOc2cccc(Br)c2)C1(C)C. The summed E-state index contributed by atoms with van der Waals surface area (Å²) in [4.78, 5) is 0. The van der Waals surface area contributed by atoms with Crippen LogP contribution in [0, 0.1) is 16.7 Å². The largest absolute Gasteiger partial charge is 0.492 e. The summed E-state index contributed by atoms with van der Waals surface area (Å²) in [6.07, 6.45) is 0. The van der Waals surface area contributed by atoms with Gasteiger partial charge in [-0.25, -0.2) is 0 Å². The van der Waals surface area contributed by atoms with Crippen LogP contribution in [-0.4, -0.2) is 19.7 Å². The Morgan fingerprint density at radius 1 is 1.21 bits per heavy atom. The summed E-state index contributed by atoms with van der Waals surface area (Å²) in [5, 5.41) is 3.51. The predicted octanol–water partition coefficient (Wildman–Crippen LogP) is 4.10. The molecule has 2 rings (SSSR count). The molecule has 2 nitrogen and oxygen atoms in total. The van der Waals surface area contributed by atoms with E-state index in [4.69, 9.17) is 4.74 Å². The first-order valence-electron chi connectivity index (χ1n) is 6.95. The van der Waals surface area contributed by atoms with Crippen LogP contribution in [0.25, 0.3) is 0 Å². The molecule has 0 amide bonds. The van der Waals surface area contributed by atoms with Crippen LogP contribution in [0.3, 0.4) is 0 Å². The lowest BCUT2D eigenvalue weighted by Gasteiger charge is -2.08. The maximum Gasteiger partial charge on any atom is 0.120 e. The Bertz CT molecular complexity index is 428. The summed E-state index contributed by atoms with van der Waals surface area (Å²) in [5.74, 6) is 1.69. The summed E-state index contributed by atoms with van der Waals surface area (Å²) in [6, 6.07) is 7.97. The van der Waals surface area contributed by atoms with Crippen molar-refractivity contribution in [2.75, 3.05) is 19.7 Å². The third-order valence-electron chi connectivity index (χ3n) is 5.01. The average molecular weight is 326 g/mol. The van der Waals surface area contributed by atoms with Gasteiger partial charge < -0.3 is 10.1 Å². The Morgan fingerprint density at radius 3 is 2.47 bits per heavy atom.